The van der Waals surface area contributed by atoms with Crippen molar-refractivity contribution >= 4 is 23.5 Å². The highest BCUT2D eigenvalue weighted by molar-refractivity contribution is 5.94. The standard InChI is InChI=1S/C21H26N4O4/c1-14-20(15(2)24(3)23-14)22-18(26)13-29-21(28)17-11-19(27)25(12-17)10-9-16-7-5-4-6-8-16/h4-8,17H,9-13H2,1-3H3,(H,22,26)/t17-/m0/s1. The van der Waals surface area contributed by atoms with Gasteiger partial charge in [0.1, 0.15) is 0 Å². The maximum atomic E-state index is 12.3. The van der Waals surface area contributed by atoms with Crippen LogP contribution < -0.4 is 5.32 Å². The van der Waals surface area contributed by atoms with E-state index in [9.17, 15) is 14.4 Å². The minimum absolute atomic E-state index is 0.0612. The van der Waals surface area contributed by atoms with E-state index in [2.05, 4.69) is 10.4 Å². The van der Waals surface area contributed by atoms with E-state index in [1.54, 1.807) is 23.6 Å². The van der Waals surface area contributed by atoms with E-state index in [0.29, 0.717) is 24.5 Å². The zero-order valence-electron chi connectivity index (χ0n) is 17.0. The van der Waals surface area contributed by atoms with E-state index in [1.165, 1.54) is 0 Å². The third kappa shape index (κ3) is 5.01. The number of nitrogens with one attached hydrogen (secondary N) is 1. The first-order valence-corrected chi connectivity index (χ1v) is 9.63. The van der Waals surface area contributed by atoms with Gasteiger partial charge in [-0.1, -0.05) is 30.3 Å². The molecule has 1 aliphatic rings. The van der Waals surface area contributed by atoms with Crippen molar-refractivity contribution in [2.24, 2.45) is 13.0 Å². The number of rotatable bonds is 7. The Morgan fingerprint density at radius 2 is 1.97 bits per heavy atom. The third-order valence-corrected chi connectivity index (χ3v) is 5.18. The summed E-state index contributed by atoms with van der Waals surface area (Å²) in [5.74, 6) is -1.54. The van der Waals surface area contributed by atoms with Crippen LogP contribution in [-0.2, 0) is 32.6 Å². The number of carbonyl (C=O) groups excluding carboxylic acids is 3. The summed E-state index contributed by atoms with van der Waals surface area (Å²) in [6.07, 6.45) is 0.858. The van der Waals surface area contributed by atoms with Gasteiger partial charge in [-0.15, -0.1) is 0 Å². The molecule has 8 nitrogen and oxygen atoms in total. The number of hydrogen-bond donors (Lipinski definition) is 1. The van der Waals surface area contributed by atoms with E-state index in [-0.39, 0.29) is 18.9 Å². The van der Waals surface area contributed by atoms with Crippen LogP contribution >= 0.6 is 0 Å². The van der Waals surface area contributed by atoms with Crippen molar-refractivity contribution in [1.29, 1.82) is 0 Å². The largest absolute Gasteiger partial charge is 0.455 e. The van der Waals surface area contributed by atoms with Crippen molar-refractivity contribution in [3.8, 4) is 0 Å². The Kier molecular flexibility index (Phi) is 6.31. The third-order valence-electron chi connectivity index (χ3n) is 5.18. The van der Waals surface area contributed by atoms with Crippen LogP contribution in [0.25, 0.3) is 0 Å². The van der Waals surface area contributed by atoms with Crippen LogP contribution in [-0.4, -0.2) is 52.2 Å². The van der Waals surface area contributed by atoms with E-state index in [0.717, 1.165) is 17.7 Å². The van der Waals surface area contributed by atoms with Gasteiger partial charge in [-0.2, -0.15) is 5.10 Å². The highest BCUT2D eigenvalue weighted by Gasteiger charge is 2.35. The second-order valence-corrected chi connectivity index (χ2v) is 7.30. The summed E-state index contributed by atoms with van der Waals surface area (Å²) in [6.45, 7) is 4.14. The van der Waals surface area contributed by atoms with Gasteiger partial charge in [0.05, 0.1) is 23.0 Å². The maximum absolute atomic E-state index is 12.3. The molecule has 2 heterocycles. The monoisotopic (exact) mass is 398 g/mol. The fraction of sp³-hybridized carbons (Fsp3) is 0.429. The molecule has 29 heavy (non-hydrogen) atoms. The normalized spacial score (nSPS) is 16.2. The van der Waals surface area contributed by atoms with Gasteiger partial charge in [0.15, 0.2) is 6.61 Å². The van der Waals surface area contributed by atoms with Crippen molar-refractivity contribution in [3.63, 3.8) is 0 Å². The Morgan fingerprint density at radius 1 is 1.24 bits per heavy atom. The molecule has 0 saturated carbocycles. The lowest BCUT2D eigenvalue weighted by molar-refractivity contribution is -0.151. The van der Waals surface area contributed by atoms with Gasteiger partial charge in [0.2, 0.25) is 5.91 Å². The molecule has 1 aliphatic heterocycles. The molecule has 8 heteroatoms. The SMILES string of the molecule is Cc1nn(C)c(C)c1NC(=O)COC(=O)[C@H]1CC(=O)N(CCc2ccccc2)C1. The fourth-order valence-corrected chi connectivity index (χ4v) is 3.44. The van der Waals surface area contributed by atoms with E-state index < -0.39 is 17.8 Å². The first kappa shape index (κ1) is 20.6. The number of hydrogen-bond acceptors (Lipinski definition) is 5. The number of benzene rings is 1. The highest BCUT2D eigenvalue weighted by atomic mass is 16.5. The van der Waals surface area contributed by atoms with Gasteiger partial charge in [0.25, 0.3) is 5.91 Å². The molecule has 2 aromatic rings. The van der Waals surface area contributed by atoms with Gasteiger partial charge >= 0.3 is 5.97 Å². The van der Waals surface area contributed by atoms with Crippen LogP contribution in [0.1, 0.15) is 23.4 Å². The van der Waals surface area contributed by atoms with Crippen LogP contribution in [0.5, 0.6) is 0 Å². The Morgan fingerprint density at radius 3 is 2.62 bits per heavy atom. The van der Waals surface area contributed by atoms with E-state index >= 15 is 0 Å². The van der Waals surface area contributed by atoms with Gasteiger partial charge in [0, 0.05) is 26.6 Å². The predicted molar refractivity (Wildman–Crippen MR) is 107 cm³/mol. The second-order valence-electron chi connectivity index (χ2n) is 7.30. The Labute approximate surface area is 169 Å². The topological polar surface area (TPSA) is 93.5 Å². The van der Waals surface area contributed by atoms with E-state index in [1.807, 2.05) is 37.3 Å². The smallest absolute Gasteiger partial charge is 0.311 e. The summed E-state index contributed by atoms with van der Waals surface area (Å²) in [5, 5.41) is 6.95. The number of aryl methyl sites for hydroxylation is 2. The number of esters is 1. The minimum Gasteiger partial charge on any atom is -0.455 e. The van der Waals surface area contributed by atoms with Crippen molar-refractivity contribution in [1.82, 2.24) is 14.7 Å². The molecule has 3 rings (SSSR count). The molecule has 2 amide bonds. The van der Waals surface area contributed by atoms with Crippen molar-refractivity contribution in [2.45, 2.75) is 26.7 Å². The summed E-state index contributed by atoms with van der Waals surface area (Å²) in [6, 6.07) is 9.89. The maximum Gasteiger partial charge on any atom is 0.311 e. The number of nitrogens with zero attached hydrogens (tertiary/aromatic N) is 3. The highest BCUT2D eigenvalue weighted by Crippen LogP contribution is 2.20. The molecule has 1 atom stereocenters. The first-order valence-electron chi connectivity index (χ1n) is 9.63. The number of likely N-dealkylation sites (tertiary alicyclic amines) is 1. The van der Waals surface area contributed by atoms with Crippen LogP contribution in [0.4, 0.5) is 5.69 Å². The molecular weight excluding hydrogens is 372 g/mol. The second kappa shape index (κ2) is 8.89. The van der Waals surface area contributed by atoms with Gasteiger partial charge in [-0.3, -0.25) is 19.1 Å². The summed E-state index contributed by atoms with van der Waals surface area (Å²) in [5.41, 5.74) is 3.28. The molecule has 0 radical (unpaired) electrons. The Hall–Kier alpha value is -3.16. The lowest BCUT2D eigenvalue weighted by Gasteiger charge is -2.16. The lowest BCUT2D eigenvalue weighted by Crippen LogP contribution is -2.29. The van der Waals surface area contributed by atoms with Crippen LogP contribution in [0.3, 0.4) is 0 Å². The lowest BCUT2D eigenvalue weighted by atomic mass is 10.1. The molecule has 154 valence electrons. The number of aromatic nitrogens is 2. The van der Waals surface area contributed by atoms with Gasteiger partial charge < -0.3 is 15.0 Å². The van der Waals surface area contributed by atoms with Gasteiger partial charge in [-0.25, -0.2) is 0 Å². The average molecular weight is 398 g/mol. The number of carbonyl (C=O) groups is 3. The molecule has 1 aromatic carbocycles. The summed E-state index contributed by atoms with van der Waals surface area (Å²) >= 11 is 0. The van der Waals surface area contributed by atoms with Crippen LogP contribution in [0.2, 0.25) is 0 Å². The van der Waals surface area contributed by atoms with Crippen molar-refractivity contribution < 1.29 is 19.1 Å². The number of ether oxygens (including phenoxy) is 1. The molecule has 0 unspecified atom stereocenters. The molecular formula is C21H26N4O4. The Bertz CT molecular complexity index is 907. The zero-order valence-corrected chi connectivity index (χ0v) is 17.0. The number of amides is 2. The molecule has 1 fully saturated rings. The van der Waals surface area contributed by atoms with Crippen LogP contribution in [0.15, 0.2) is 30.3 Å². The average Bonchev–Trinajstić information content (AvgIpc) is 3.19. The summed E-state index contributed by atoms with van der Waals surface area (Å²) in [4.78, 5) is 38.3. The molecule has 1 N–H and O–H groups in total. The minimum atomic E-state index is -0.534. The van der Waals surface area contributed by atoms with Gasteiger partial charge in [-0.05, 0) is 25.8 Å². The van der Waals surface area contributed by atoms with Crippen LogP contribution in [0, 0.1) is 19.8 Å². The predicted octanol–water partition coefficient (Wildman–Crippen LogP) is 1.61. The Balaban J connectivity index is 1.46. The molecule has 0 spiro atoms. The molecule has 1 aromatic heterocycles. The quantitative estimate of drug-likeness (QED) is 0.715. The summed E-state index contributed by atoms with van der Waals surface area (Å²) in [7, 11) is 1.79. The number of anilines is 1. The summed E-state index contributed by atoms with van der Waals surface area (Å²) < 4.78 is 6.82. The van der Waals surface area contributed by atoms with E-state index in [4.69, 9.17) is 4.74 Å². The van der Waals surface area contributed by atoms with Crippen molar-refractivity contribution in [3.05, 3.63) is 47.3 Å². The molecule has 1 saturated heterocycles. The fourth-order valence-electron chi connectivity index (χ4n) is 3.44. The molecule has 0 bridgehead atoms. The first-order chi connectivity index (χ1) is 13.8. The molecule has 0 aliphatic carbocycles. The zero-order chi connectivity index (χ0) is 21.0. The van der Waals surface area contributed by atoms with Crippen molar-refractivity contribution in [2.75, 3.05) is 25.0 Å².